The van der Waals surface area contributed by atoms with Crippen molar-refractivity contribution in [3.8, 4) is 0 Å². The number of carbonyl (C=O) groups is 1. The van der Waals surface area contributed by atoms with Crippen LogP contribution < -0.4 is 5.32 Å². The van der Waals surface area contributed by atoms with Gasteiger partial charge in [-0.3, -0.25) is 4.79 Å². The first-order valence-electron chi connectivity index (χ1n) is 6.05. The van der Waals surface area contributed by atoms with Crippen molar-refractivity contribution in [1.82, 2.24) is 4.90 Å². The highest BCUT2D eigenvalue weighted by atomic mass is 16.5. The zero-order valence-electron chi connectivity index (χ0n) is 11.8. The number of hydrogen-bond acceptors (Lipinski definition) is 3. The molecule has 0 aromatic heterocycles. The Kier molecular flexibility index (Phi) is 5.16. The van der Waals surface area contributed by atoms with E-state index in [0.717, 1.165) is 11.3 Å². The molecule has 1 N–H and O–H groups in total. The van der Waals surface area contributed by atoms with Crippen molar-refractivity contribution in [2.75, 3.05) is 33.1 Å². The van der Waals surface area contributed by atoms with Crippen LogP contribution in [0.15, 0.2) is 18.2 Å². The van der Waals surface area contributed by atoms with Crippen molar-refractivity contribution in [2.45, 2.75) is 19.9 Å². The molecule has 1 amide bonds. The first-order chi connectivity index (χ1) is 8.51. The molecule has 0 fully saturated rings. The van der Waals surface area contributed by atoms with Gasteiger partial charge in [0.15, 0.2) is 0 Å². The molecule has 1 unspecified atom stereocenters. The second-order valence-electron chi connectivity index (χ2n) is 4.52. The van der Waals surface area contributed by atoms with Crippen LogP contribution in [0.2, 0.25) is 0 Å². The van der Waals surface area contributed by atoms with Gasteiger partial charge in [0.2, 0.25) is 0 Å². The molecule has 0 radical (unpaired) electrons. The lowest BCUT2D eigenvalue weighted by atomic mass is 10.1. The normalized spacial score (nSPS) is 12.1. The average Bonchev–Trinajstić information content (AvgIpc) is 2.37. The zero-order chi connectivity index (χ0) is 13.7. The Labute approximate surface area is 109 Å². The summed E-state index contributed by atoms with van der Waals surface area (Å²) in [6.45, 7) is 4.48. The van der Waals surface area contributed by atoms with Crippen LogP contribution in [0.4, 0.5) is 5.69 Å². The van der Waals surface area contributed by atoms with Crippen LogP contribution in [0.1, 0.15) is 22.8 Å². The third kappa shape index (κ3) is 3.23. The molecule has 0 aliphatic heterocycles. The van der Waals surface area contributed by atoms with Crippen molar-refractivity contribution in [3.63, 3.8) is 0 Å². The highest BCUT2D eigenvalue weighted by molar-refractivity contribution is 5.99. The molecule has 0 aliphatic carbocycles. The second kappa shape index (κ2) is 6.40. The van der Waals surface area contributed by atoms with Gasteiger partial charge in [-0.15, -0.1) is 0 Å². The van der Waals surface area contributed by atoms with Crippen LogP contribution in [0.3, 0.4) is 0 Å². The minimum absolute atomic E-state index is 0.00704. The highest BCUT2D eigenvalue weighted by Gasteiger charge is 2.19. The number of aryl methyl sites for hydroxylation is 1. The van der Waals surface area contributed by atoms with Crippen LogP contribution in [0, 0.1) is 6.92 Å². The summed E-state index contributed by atoms with van der Waals surface area (Å²) >= 11 is 0. The molecule has 1 aromatic rings. The Morgan fingerprint density at radius 2 is 2.17 bits per heavy atom. The Morgan fingerprint density at radius 1 is 1.50 bits per heavy atom. The van der Waals surface area contributed by atoms with Crippen molar-refractivity contribution < 1.29 is 9.53 Å². The van der Waals surface area contributed by atoms with Crippen LogP contribution in [0.5, 0.6) is 0 Å². The topological polar surface area (TPSA) is 41.6 Å². The molecule has 0 aliphatic rings. The molecule has 0 heterocycles. The Morgan fingerprint density at radius 3 is 2.72 bits per heavy atom. The lowest BCUT2D eigenvalue weighted by Gasteiger charge is -2.25. The maximum absolute atomic E-state index is 12.4. The summed E-state index contributed by atoms with van der Waals surface area (Å²) in [5.74, 6) is 0.00704. The van der Waals surface area contributed by atoms with Crippen LogP contribution in [0.25, 0.3) is 0 Å². The molecule has 0 saturated heterocycles. The summed E-state index contributed by atoms with van der Waals surface area (Å²) in [4.78, 5) is 14.1. The van der Waals surface area contributed by atoms with Crippen LogP contribution in [-0.2, 0) is 4.74 Å². The summed E-state index contributed by atoms with van der Waals surface area (Å²) in [7, 11) is 5.26. The SMILES string of the molecule is CNc1ccc(C)cc1C(=O)N(C)C(C)COC. The quantitative estimate of drug-likeness (QED) is 0.870. The zero-order valence-corrected chi connectivity index (χ0v) is 11.8. The standard InChI is InChI=1S/C14H22N2O2/c1-10-6-7-13(15-3)12(8-10)14(17)16(4)11(2)9-18-5/h6-8,11,15H,9H2,1-5H3. The molecule has 0 bridgehead atoms. The Balaban J connectivity index is 2.98. The van der Waals surface area contributed by atoms with E-state index in [4.69, 9.17) is 4.74 Å². The fourth-order valence-corrected chi connectivity index (χ4v) is 1.80. The minimum Gasteiger partial charge on any atom is -0.387 e. The van der Waals surface area contributed by atoms with Crippen molar-refractivity contribution in [3.05, 3.63) is 29.3 Å². The third-order valence-electron chi connectivity index (χ3n) is 3.06. The number of amides is 1. The molecule has 1 atom stereocenters. The van der Waals surface area contributed by atoms with Gasteiger partial charge in [-0.2, -0.15) is 0 Å². The monoisotopic (exact) mass is 250 g/mol. The molecular weight excluding hydrogens is 228 g/mol. The average molecular weight is 250 g/mol. The van der Waals surface area contributed by atoms with Crippen molar-refractivity contribution in [1.29, 1.82) is 0 Å². The molecule has 18 heavy (non-hydrogen) atoms. The highest BCUT2D eigenvalue weighted by Crippen LogP contribution is 2.19. The molecule has 0 saturated carbocycles. The van der Waals surface area contributed by atoms with Gasteiger partial charge in [0.1, 0.15) is 0 Å². The van der Waals surface area contributed by atoms with Gasteiger partial charge in [0, 0.05) is 26.9 Å². The Hall–Kier alpha value is -1.55. The van der Waals surface area contributed by atoms with E-state index in [1.54, 1.807) is 19.1 Å². The van der Waals surface area contributed by atoms with E-state index in [9.17, 15) is 4.79 Å². The van der Waals surface area contributed by atoms with Gasteiger partial charge in [-0.1, -0.05) is 11.6 Å². The minimum atomic E-state index is 0.00704. The maximum Gasteiger partial charge on any atom is 0.256 e. The van der Waals surface area contributed by atoms with E-state index >= 15 is 0 Å². The summed E-state index contributed by atoms with van der Waals surface area (Å²) in [6.07, 6.45) is 0. The number of nitrogens with zero attached hydrogens (tertiary/aromatic N) is 1. The maximum atomic E-state index is 12.4. The summed E-state index contributed by atoms with van der Waals surface area (Å²) in [5.41, 5.74) is 2.62. The fourth-order valence-electron chi connectivity index (χ4n) is 1.80. The largest absolute Gasteiger partial charge is 0.387 e. The van der Waals surface area contributed by atoms with Gasteiger partial charge in [-0.25, -0.2) is 0 Å². The second-order valence-corrected chi connectivity index (χ2v) is 4.52. The number of anilines is 1. The first-order valence-corrected chi connectivity index (χ1v) is 6.05. The molecule has 0 spiro atoms. The predicted molar refractivity (Wildman–Crippen MR) is 74.2 cm³/mol. The number of ether oxygens (including phenoxy) is 1. The molecule has 1 aromatic carbocycles. The van der Waals surface area contributed by atoms with Crippen molar-refractivity contribution in [2.24, 2.45) is 0 Å². The number of carbonyl (C=O) groups excluding carboxylic acids is 1. The fraction of sp³-hybridized carbons (Fsp3) is 0.500. The molecule has 100 valence electrons. The van der Waals surface area contributed by atoms with Crippen molar-refractivity contribution >= 4 is 11.6 Å². The first kappa shape index (κ1) is 14.5. The van der Waals surface area contributed by atoms with E-state index in [1.807, 2.05) is 39.1 Å². The third-order valence-corrected chi connectivity index (χ3v) is 3.06. The smallest absolute Gasteiger partial charge is 0.256 e. The number of rotatable bonds is 5. The van der Waals surface area contributed by atoms with E-state index in [2.05, 4.69) is 5.32 Å². The van der Waals surface area contributed by atoms with E-state index < -0.39 is 0 Å². The van der Waals surface area contributed by atoms with Crippen LogP contribution >= 0.6 is 0 Å². The predicted octanol–water partition coefficient (Wildman–Crippen LogP) is 2.14. The van der Waals surface area contributed by atoms with Gasteiger partial charge in [0.25, 0.3) is 5.91 Å². The number of hydrogen-bond donors (Lipinski definition) is 1. The summed E-state index contributed by atoms with van der Waals surface area (Å²) in [5, 5.41) is 3.05. The molecule has 4 heteroatoms. The van der Waals surface area contributed by atoms with Gasteiger partial charge >= 0.3 is 0 Å². The lowest BCUT2D eigenvalue weighted by Crippen LogP contribution is -2.38. The molecular formula is C14H22N2O2. The number of methoxy groups -OCH3 is 1. The molecule has 1 rings (SSSR count). The summed E-state index contributed by atoms with van der Waals surface area (Å²) in [6, 6.07) is 5.87. The van der Waals surface area contributed by atoms with Gasteiger partial charge in [0.05, 0.1) is 18.2 Å². The number of benzene rings is 1. The van der Waals surface area contributed by atoms with Gasteiger partial charge < -0.3 is 15.0 Å². The van der Waals surface area contributed by atoms with E-state index in [1.165, 1.54) is 0 Å². The summed E-state index contributed by atoms with van der Waals surface area (Å²) < 4.78 is 5.08. The number of nitrogens with one attached hydrogen (secondary N) is 1. The van der Waals surface area contributed by atoms with E-state index in [0.29, 0.717) is 12.2 Å². The van der Waals surface area contributed by atoms with Crippen LogP contribution in [-0.4, -0.2) is 44.7 Å². The Bertz CT molecular complexity index is 418. The lowest BCUT2D eigenvalue weighted by molar-refractivity contribution is 0.0634. The number of likely N-dealkylation sites (N-methyl/N-ethyl adjacent to an activating group) is 1. The van der Waals surface area contributed by atoms with Gasteiger partial charge in [-0.05, 0) is 26.0 Å². The van der Waals surface area contributed by atoms with E-state index in [-0.39, 0.29) is 11.9 Å². The molecule has 4 nitrogen and oxygen atoms in total.